The Hall–Kier alpha value is -1.00. The van der Waals surface area contributed by atoms with E-state index in [1.807, 2.05) is 13.8 Å². The summed E-state index contributed by atoms with van der Waals surface area (Å²) in [5.74, 6) is -1.11. The molecule has 4 heteroatoms. The predicted octanol–water partition coefficient (Wildman–Crippen LogP) is 8.22. The van der Waals surface area contributed by atoms with Gasteiger partial charge in [-0.2, -0.15) is 0 Å². The molecular weight excluding hydrogens is 382 g/mol. The van der Waals surface area contributed by atoms with Crippen LogP contribution in [0, 0.1) is 17.6 Å². The lowest BCUT2D eigenvalue weighted by atomic mass is 9.87. The molecule has 1 rings (SSSR count). The molecule has 30 heavy (non-hydrogen) atoms. The zero-order chi connectivity index (χ0) is 22.2. The second-order valence-corrected chi connectivity index (χ2v) is 8.47. The second-order valence-electron chi connectivity index (χ2n) is 8.47. The molecule has 0 spiro atoms. The van der Waals surface area contributed by atoms with E-state index in [1.54, 1.807) is 6.07 Å². The lowest BCUT2D eigenvalue weighted by Crippen LogP contribution is -2.41. The van der Waals surface area contributed by atoms with Crippen molar-refractivity contribution in [2.45, 2.75) is 111 Å². The number of ether oxygens (including phenoxy) is 2. The molecular formula is C26H44F2O2. The normalized spacial score (nSPS) is 13.0. The van der Waals surface area contributed by atoms with E-state index in [2.05, 4.69) is 13.8 Å². The molecule has 0 amide bonds. The smallest absolute Gasteiger partial charge is 0.168 e. The first-order chi connectivity index (χ1) is 14.5. The van der Waals surface area contributed by atoms with Gasteiger partial charge in [0.2, 0.25) is 0 Å². The van der Waals surface area contributed by atoms with Gasteiger partial charge in [-0.25, -0.2) is 8.78 Å². The van der Waals surface area contributed by atoms with Crippen molar-refractivity contribution in [3.63, 3.8) is 0 Å². The Labute approximate surface area is 183 Å². The van der Waals surface area contributed by atoms with Crippen LogP contribution >= 0.6 is 0 Å². The molecule has 2 nitrogen and oxygen atoms in total. The summed E-state index contributed by atoms with van der Waals surface area (Å²) >= 11 is 0. The molecule has 1 unspecified atom stereocenters. The van der Waals surface area contributed by atoms with Crippen LogP contribution in [0.4, 0.5) is 8.78 Å². The van der Waals surface area contributed by atoms with Crippen molar-refractivity contribution < 1.29 is 18.3 Å². The first-order valence-electron chi connectivity index (χ1n) is 12.2. The van der Waals surface area contributed by atoms with Crippen LogP contribution in [0.15, 0.2) is 18.2 Å². The van der Waals surface area contributed by atoms with Crippen LogP contribution in [0.5, 0.6) is 0 Å². The summed E-state index contributed by atoms with van der Waals surface area (Å²) < 4.78 is 39.0. The fourth-order valence-corrected chi connectivity index (χ4v) is 4.30. The summed E-state index contributed by atoms with van der Waals surface area (Å²) in [6, 6.07) is 3.87. The van der Waals surface area contributed by atoms with Gasteiger partial charge >= 0.3 is 0 Å². The highest BCUT2D eigenvalue weighted by molar-refractivity contribution is 5.18. The zero-order valence-corrected chi connectivity index (χ0v) is 19.8. The molecule has 174 valence electrons. The highest BCUT2D eigenvalue weighted by Gasteiger charge is 2.34. The molecule has 1 atom stereocenters. The Balaban J connectivity index is 2.50. The number of benzene rings is 1. The molecule has 0 heterocycles. The first-order valence-corrected chi connectivity index (χ1v) is 12.2. The molecule has 0 aliphatic heterocycles. The molecule has 0 aliphatic rings. The van der Waals surface area contributed by atoms with Gasteiger partial charge < -0.3 is 9.47 Å². The van der Waals surface area contributed by atoms with Gasteiger partial charge in [0, 0.05) is 25.2 Å². The van der Waals surface area contributed by atoms with Crippen molar-refractivity contribution >= 4 is 0 Å². The second kappa shape index (κ2) is 15.8. The SMILES string of the molecule is CCCCCCCCC(CCCCCc1ccc(F)cc1F)C(C)(OCC)OCC. The Bertz CT molecular complexity index is 556. The van der Waals surface area contributed by atoms with Crippen molar-refractivity contribution in [2.75, 3.05) is 13.2 Å². The Morgan fingerprint density at radius 2 is 1.37 bits per heavy atom. The summed E-state index contributed by atoms with van der Waals surface area (Å²) in [6.07, 6.45) is 13.6. The van der Waals surface area contributed by atoms with Crippen molar-refractivity contribution in [1.82, 2.24) is 0 Å². The largest absolute Gasteiger partial charge is 0.350 e. The van der Waals surface area contributed by atoms with E-state index in [0.29, 0.717) is 31.1 Å². The lowest BCUT2D eigenvalue weighted by molar-refractivity contribution is -0.254. The minimum absolute atomic E-state index is 0.367. The third-order valence-corrected chi connectivity index (χ3v) is 6.02. The molecule has 0 saturated heterocycles. The summed E-state index contributed by atoms with van der Waals surface area (Å²) in [7, 11) is 0. The zero-order valence-electron chi connectivity index (χ0n) is 19.8. The van der Waals surface area contributed by atoms with Crippen LogP contribution in [-0.2, 0) is 15.9 Å². The maximum absolute atomic E-state index is 13.8. The fraction of sp³-hybridized carbons (Fsp3) is 0.769. The molecule has 0 aromatic heterocycles. The van der Waals surface area contributed by atoms with Gasteiger partial charge in [-0.3, -0.25) is 0 Å². The number of rotatable bonds is 18. The molecule has 1 aromatic rings. The van der Waals surface area contributed by atoms with Crippen molar-refractivity contribution in [1.29, 1.82) is 0 Å². The van der Waals surface area contributed by atoms with E-state index in [0.717, 1.165) is 38.2 Å². The molecule has 0 aliphatic carbocycles. The summed E-state index contributed by atoms with van der Waals surface area (Å²) in [5.41, 5.74) is 0.605. The van der Waals surface area contributed by atoms with Crippen LogP contribution < -0.4 is 0 Å². The van der Waals surface area contributed by atoms with Gasteiger partial charge in [-0.15, -0.1) is 0 Å². The highest BCUT2D eigenvalue weighted by Crippen LogP contribution is 2.33. The Morgan fingerprint density at radius 1 is 0.800 bits per heavy atom. The molecule has 0 N–H and O–H groups in total. The molecule has 1 aromatic carbocycles. The third kappa shape index (κ3) is 10.3. The van der Waals surface area contributed by atoms with Crippen LogP contribution in [-0.4, -0.2) is 19.0 Å². The quantitative estimate of drug-likeness (QED) is 0.174. The van der Waals surface area contributed by atoms with E-state index >= 15 is 0 Å². The van der Waals surface area contributed by atoms with Gasteiger partial charge in [-0.05, 0) is 58.1 Å². The number of halogens is 2. The van der Waals surface area contributed by atoms with Crippen molar-refractivity contribution in [3.05, 3.63) is 35.4 Å². The number of aryl methyl sites for hydroxylation is 1. The van der Waals surface area contributed by atoms with Gasteiger partial charge in [0.15, 0.2) is 5.79 Å². The maximum Gasteiger partial charge on any atom is 0.168 e. The van der Waals surface area contributed by atoms with Gasteiger partial charge in [-0.1, -0.05) is 64.4 Å². The Kier molecular flexibility index (Phi) is 14.2. The summed E-state index contributed by atoms with van der Waals surface area (Å²) in [4.78, 5) is 0. The van der Waals surface area contributed by atoms with E-state index in [9.17, 15) is 8.78 Å². The minimum atomic E-state index is -0.532. The van der Waals surface area contributed by atoms with Crippen LogP contribution in [0.1, 0.15) is 104 Å². The standard InChI is InChI=1S/C26H44F2O2/c1-5-8-9-10-11-14-17-23(26(4,29-6-2)30-7-3)18-15-12-13-16-22-19-20-24(27)21-25(22)28/h19-21,23H,5-18H2,1-4H3. The van der Waals surface area contributed by atoms with E-state index in [-0.39, 0.29) is 0 Å². The molecule has 0 saturated carbocycles. The van der Waals surface area contributed by atoms with Gasteiger partial charge in [0.05, 0.1) is 0 Å². The summed E-state index contributed by atoms with van der Waals surface area (Å²) in [5, 5.41) is 0. The number of unbranched alkanes of at least 4 members (excludes halogenated alkanes) is 7. The van der Waals surface area contributed by atoms with Crippen LogP contribution in [0.25, 0.3) is 0 Å². The summed E-state index contributed by atoms with van der Waals surface area (Å²) in [6.45, 7) is 9.68. The average molecular weight is 427 g/mol. The molecule has 0 radical (unpaired) electrons. The van der Waals surface area contributed by atoms with Crippen molar-refractivity contribution in [3.8, 4) is 0 Å². The first kappa shape index (κ1) is 27.0. The van der Waals surface area contributed by atoms with E-state index < -0.39 is 17.4 Å². The average Bonchev–Trinajstić information content (AvgIpc) is 2.70. The van der Waals surface area contributed by atoms with Crippen molar-refractivity contribution in [2.24, 2.45) is 5.92 Å². The Morgan fingerprint density at radius 3 is 1.93 bits per heavy atom. The van der Waals surface area contributed by atoms with Crippen LogP contribution in [0.3, 0.4) is 0 Å². The van der Waals surface area contributed by atoms with Gasteiger partial charge in [0.1, 0.15) is 11.6 Å². The highest BCUT2D eigenvalue weighted by atomic mass is 19.1. The van der Waals surface area contributed by atoms with Gasteiger partial charge in [0.25, 0.3) is 0 Å². The van der Waals surface area contributed by atoms with E-state index in [4.69, 9.17) is 9.47 Å². The predicted molar refractivity (Wildman–Crippen MR) is 122 cm³/mol. The lowest BCUT2D eigenvalue weighted by Gasteiger charge is -2.37. The minimum Gasteiger partial charge on any atom is -0.350 e. The van der Waals surface area contributed by atoms with Crippen LogP contribution in [0.2, 0.25) is 0 Å². The topological polar surface area (TPSA) is 18.5 Å². The number of hydrogen-bond acceptors (Lipinski definition) is 2. The van der Waals surface area contributed by atoms with E-state index in [1.165, 1.54) is 44.6 Å². The fourth-order valence-electron chi connectivity index (χ4n) is 4.30. The molecule has 0 bridgehead atoms. The molecule has 0 fully saturated rings. The third-order valence-electron chi connectivity index (χ3n) is 6.02. The maximum atomic E-state index is 13.8. The monoisotopic (exact) mass is 426 g/mol. The number of hydrogen-bond donors (Lipinski definition) is 0.